The fourth-order valence-electron chi connectivity index (χ4n) is 4.53. The first-order chi connectivity index (χ1) is 17.5. The molecule has 1 amide bonds. The summed E-state index contributed by atoms with van der Waals surface area (Å²) in [6.45, 7) is 6.58. The Morgan fingerprint density at radius 2 is 2.00 bits per heavy atom. The van der Waals surface area contributed by atoms with Gasteiger partial charge in [0.1, 0.15) is 5.76 Å². The highest BCUT2D eigenvalue weighted by molar-refractivity contribution is 6.14. The van der Waals surface area contributed by atoms with Crippen LogP contribution in [0.5, 0.6) is 11.5 Å². The number of rotatable bonds is 11. The fraction of sp³-hybridized carbons (Fsp3) is 0.407. The molecule has 192 valence electrons. The first kappa shape index (κ1) is 25.5. The number of hydrogen-bond acceptors (Lipinski definition) is 8. The summed E-state index contributed by atoms with van der Waals surface area (Å²) in [5.74, 6) is -0.0248. The summed E-state index contributed by atoms with van der Waals surface area (Å²) in [6, 6.07) is 7.96. The van der Waals surface area contributed by atoms with Crippen molar-refractivity contribution in [2.75, 3.05) is 53.1 Å². The van der Waals surface area contributed by atoms with E-state index in [9.17, 15) is 14.7 Å². The van der Waals surface area contributed by atoms with E-state index in [1.54, 1.807) is 35.2 Å². The van der Waals surface area contributed by atoms with Crippen LogP contribution in [0.4, 0.5) is 0 Å². The molecule has 2 aliphatic heterocycles. The van der Waals surface area contributed by atoms with Crippen molar-refractivity contribution in [1.29, 1.82) is 0 Å². The Labute approximate surface area is 210 Å². The topological polar surface area (TPSA) is 102 Å². The minimum absolute atomic E-state index is 0.0281. The van der Waals surface area contributed by atoms with E-state index in [0.717, 1.165) is 19.6 Å². The van der Waals surface area contributed by atoms with Crippen LogP contribution in [0.15, 0.2) is 58.4 Å². The highest BCUT2D eigenvalue weighted by Gasteiger charge is 2.43. The van der Waals surface area contributed by atoms with Gasteiger partial charge in [-0.2, -0.15) is 0 Å². The number of carbonyl (C=O) groups excluding carboxylic acids is 2. The molecular formula is C27H32N2O7. The molecule has 4 rings (SSSR count). The monoisotopic (exact) mass is 496 g/mol. The number of ether oxygens (including phenoxy) is 3. The number of carbonyl (C=O) groups is 2. The van der Waals surface area contributed by atoms with Gasteiger partial charge in [-0.15, -0.1) is 0 Å². The number of allylic oxidation sites excluding steroid dienone is 1. The van der Waals surface area contributed by atoms with Crippen LogP contribution < -0.4 is 9.47 Å². The largest absolute Gasteiger partial charge is 0.503 e. The Bertz CT molecular complexity index is 1120. The zero-order valence-electron chi connectivity index (χ0n) is 20.6. The summed E-state index contributed by atoms with van der Waals surface area (Å²) >= 11 is 0. The molecule has 9 heteroatoms. The van der Waals surface area contributed by atoms with Gasteiger partial charge in [0.2, 0.25) is 0 Å². The van der Waals surface area contributed by atoms with Gasteiger partial charge < -0.3 is 28.6 Å². The number of amides is 1. The highest BCUT2D eigenvalue weighted by Crippen LogP contribution is 2.41. The van der Waals surface area contributed by atoms with Crippen molar-refractivity contribution in [2.24, 2.45) is 0 Å². The lowest BCUT2D eigenvalue weighted by Crippen LogP contribution is -2.39. The Morgan fingerprint density at radius 1 is 1.19 bits per heavy atom. The van der Waals surface area contributed by atoms with E-state index in [2.05, 4.69) is 4.90 Å². The molecule has 1 atom stereocenters. The van der Waals surface area contributed by atoms with Gasteiger partial charge >= 0.3 is 0 Å². The third-order valence-corrected chi connectivity index (χ3v) is 6.29. The average molecular weight is 497 g/mol. The molecule has 1 aromatic carbocycles. The second kappa shape index (κ2) is 11.9. The van der Waals surface area contributed by atoms with Crippen molar-refractivity contribution in [3.05, 3.63) is 65.3 Å². The second-order valence-corrected chi connectivity index (χ2v) is 8.53. The van der Waals surface area contributed by atoms with Gasteiger partial charge in [-0.05, 0) is 55.3 Å². The lowest BCUT2D eigenvalue weighted by molar-refractivity contribution is -0.129. The lowest BCUT2D eigenvalue weighted by Gasteiger charge is -2.30. The van der Waals surface area contributed by atoms with Crippen LogP contribution in [-0.4, -0.2) is 79.7 Å². The summed E-state index contributed by atoms with van der Waals surface area (Å²) in [5, 5.41) is 10.8. The predicted octanol–water partition coefficient (Wildman–Crippen LogP) is 3.39. The number of aliphatic hydroxyl groups excluding tert-OH is 1. The number of morpholine rings is 1. The van der Waals surface area contributed by atoms with Crippen molar-refractivity contribution < 1.29 is 33.3 Å². The number of benzene rings is 1. The van der Waals surface area contributed by atoms with Crippen LogP contribution in [0, 0.1) is 0 Å². The molecule has 0 aliphatic carbocycles. The van der Waals surface area contributed by atoms with E-state index in [1.807, 2.05) is 6.92 Å². The minimum Gasteiger partial charge on any atom is -0.503 e. The summed E-state index contributed by atoms with van der Waals surface area (Å²) in [4.78, 5) is 30.3. The van der Waals surface area contributed by atoms with E-state index >= 15 is 0 Å². The molecule has 36 heavy (non-hydrogen) atoms. The number of nitrogens with zero attached hydrogens (tertiary/aromatic N) is 2. The molecule has 1 aromatic heterocycles. The van der Waals surface area contributed by atoms with Gasteiger partial charge in [-0.3, -0.25) is 14.5 Å². The molecule has 2 aliphatic rings. The van der Waals surface area contributed by atoms with E-state index in [4.69, 9.17) is 18.6 Å². The Morgan fingerprint density at radius 3 is 2.69 bits per heavy atom. The molecular weight excluding hydrogens is 464 g/mol. The SMILES string of the molecule is CCOc1ccc([C@@H]2C(C(=O)/C=C/c3ccco3)=C(O)C(=O)N2CCCN2CCOCC2)cc1OC. The van der Waals surface area contributed by atoms with Gasteiger partial charge in [0, 0.05) is 26.2 Å². The van der Waals surface area contributed by atoms with Gasteiger partial charge in [0.15, 0.2) is 23.0 Å². The van der Waals surface area contributed by atoms with Crippen LogP contribution in [0.25, 0.3) is 6.08 Å². The number of ketones is 1. The molecule has 0 radical (unpaired) electrons. The maximum Gasteiger partial charge on any atom is 0.290 e. The molecule has 1 N–H and O–H groups in total. The van der Waals surface area contributed by atoms with Crippen molar-refractivity contribution in [3.63, 3.8) is 0 Å². The first-order valence-corrected chi connectivity index (χ1v) is 12.1. The molecule has 1 saturated heterocycles. The minimum atomic E-state index is -0.763. The van der Waals surface area contributed by atoms with Gasteiger partial charge in [0.05, 0.1) is 44.8 Å². The lowest BCUT2D eigenvalue weighted by atomic mass is 9.95. The molecule has 0 spiro atoms. The Balaban J connectivity index is 1.63. The predicted molar refractivity (Wildman–Crippen MR) is 133 cm³/mol. The standard InChI is InChI=1S/C27H32N2O7/c1-3-35-22-10-7-19(18-23(22)33-2)25-24(21(30)9-8-20-6-4-15-36-20)26(31)27(32)29(25)12-5-11-28-13-16-34-17-14-28/h4,6-10,15,18,25,31H,3,5,11-14,16-17H2,1-2H3/b9-8+/t25-/m1/s1. The van der Waals surface area contributed by atoms with Crippen molar-refractivity contribution in [2.45, 2.75) is 19.4 Å². The smallest absolute Gasteiger partial charge is 0.290 e. The molecule has 9 nitrogen and oxygen atoms in total. The van der Waals surface area contributed by atoms with E-state index < -0.39 is 23.5 Å². The molecule has 0 saturated carbocycles. The third kappa shape index (κ3) is 5.63. The normalized spacial score (nSPS) is 18.9. The van der Waals surface area contributed by atoms with Crippen molar-refractivity contribution in [3.8, 4) is 11.5 Å². The van der Waals surface area contributed by atoms with Crippen molar-refractivity contribution >= 4 is 17.8 Å². The number of aliphatic hydroxyl groups is 1. The van der Waals surface area contributed by atoms with Crippen LogP contribution in [0.3, 0.4) is 0 Å². The summed E-state index contributed by atoms with van der Waals surface area (Å²) in [7, 11) is 1.53. The zero-order chi connectivity index (χ0) is 25.5. The Kier molecular flexibility index (Phi) is 8.45. The molecule has 0 bridgehead atoms. The molecule has 2 aromatic rings. The number of hydrogen-bond donors (Lipinski definition) is 1. The van der Waals surface area contributed by atoms with Gasteiger partial charge in [0.25, 0.3) is 5.91 Å². The van der Waals surface area contributed by atoms with E-state index in [0.29, 0.717) is 55.6 Å². The first-order valence-electron chi connectivity index (χ1n) is 12.1. The summed E-state index contributed by atoms with van der Waals surface area (Å²) < 4.78 is 21.8. The maximum absolute atomic E-state index is 13.3. The van der Waals surface area contributed by atoms with Gasteiger partial charge in [-0.25, -0.2) is 0 Å². The van der Waals surface area contributed by atoms with Crippen LogP contribution >= 0.6 is 0 Å². The van der Waals surface area contributed by atoms with Crippen LogP contribution in [0.2, 0.25) is 0 Å². The van der Waals surface area contributed by atoms with E-state index in [-0.39, 0.29) is 5.57 Å². The zero-order valence-corrected chi connectivity index (χ0v) is 20.6. The number of methoxy groups -OCH3 is 1. The molecule has 3 heterocycles. The van der Waals surface area contributed by atoms with Gasteiger partial charge in [-0.1, -0.05) is 6.07 Å². The Hall–Kier alpha value is -3.56. The summed E-state index contributed by atoms with van der Waals surface area (Å²) in [6.07, 6.45) is 5.02. The third-order valence-electron chi connectivity index (χ3n) is 6.29. The summed E-state index contributed by atoms with van der Waals surface area (Å²) in [5.41, 5.74) is 0.675. The number of furan rings is 1. The van der Waals surface area contributed by atoms with E-state index in [1.165, 1.54) is 25.5 Å². The van der Waals surface area contributed by atoms with Crippen LogP contribution in [0.1, 0.15) is 30.7 Å². The second-order valence-electron chi connectivity index (χ2n) is 8.53. The average Bonchev–Trinajstić information content (AvgIpc) is 3.51. The molecule has 1 fully saturated rings. The fourth-order valence-corrected chi connectivity index (χ4v) is 4.53. The molecule has 0 unspecified atom stereocenters. The quantitative estimate of drug-likeness (QED) is 0.473. The van der Waals surface area contributed by atoms with Crippen LogP contribution in [-0.2, 0) is 14.3 Å². The highest BCUT2D eigenvalue weighted by atomic mass is 16.5. The van der Waals surface area contributed by atoms with Crippen molar-refractivity contribution in [1.82, 2.24) is 9.80 Å². The maximum atomic E-state index is 13.3.